The Morgan fingerprint density at radius 1 is 0.944 bits per heavy atom. The van der Waals surface area contributed by atoms with E-state index in [0.29, 0.717) is 33.7 Å². The predicted octanol–water partition coefficient (Wildman–Crippen LogP) is 5.15. The Morgan fingerprint density at radius 3 is 2.56 bits per heavy atom. The van der Waals surface area contributed by atoms with Crippen LogP contribution in [0.2, 0.25) is 0 Å². The molecule has 5 rings (SSSR count). The van der Waals surface area contributed by atoms with Crippen molar-refractivity contribution in [1.29, 1.82) is 0 Å². The van der Waals surface area contributed by atoms with Crippen LogP contribution < -0.4 is 15.0 Å². The quantitative estimate of drug-likeness (QED) is 0.299. The molecule has 2 aromatic heterocycles. The van der Waals surface area contributed by atoms with Crippen LogP contribution >= 0.6 is 0 Å². The molecular formula is C28H20FN3O4. The van der Waals surface area contributed by atoms with E-state index < -0.39 is 17.2 Å². The Balaban J connectivity index is 1.37. The number of fused-ring (bicyclic) bond motifs is 1. The maximum absolute atomic E-state index is 14.9. The number of ketones is 1. The smallest absolute Gasteiger partial charge is 0.282 e. The summed E-state index contributed by atoms with van der Waals surface area (Å²) < 4.78 is 27.1. The summed E-state index contributed by atoms with van der Waals surface area (Å²) in [6.07, 6.45) is 2.82. The molecule has 0 aliphatic rings. The standard InChI is InChI=1S/C28H20FN3O4/c1-35-20-8-9-21-24(17-20)30-13-12-26(21)36-27-10-7-18(15-23(27)29)16-25(33)22-11-14-31-32(28(22)34)19-5-3-2-4-6-19/h2-15,17H,16H2,1H3. The molecule has 178 valence electrons. The van der Waals surface area contributed by atoms with Gasteiger partial charge in [0.25, 0.3) is 5.56 Å². The van der Waals surface area contributed by atoms with Crippen LogP contribution in [0.5, 0.6) is 17.2 Å². The molecule has 0 radical (unpaired) electrons. The largest absolute Gasteiger partial charge is 0.497 e. The lowest BCUT2D eigenvalue weighted by Gasteiger charge is -2.11. The number of methoxy groups -OCH3 is 1. The van der Waals surface area contributed by atoms with Gasteiger partial charge in [0.15, 0.2) is 17.3 Å². The average Bonchev–Trinajstić information content (AvgIpc) is 2.90. The Bertz CT molecular complexity index is 1630. The summed E-state index contributed by atoms with van der Waals surface area (Å²) in [5.74, 6) is 0.0231. The van der Waals surface area contributed by atoms with Gasteiger partial charge in [0, 0.05) is 30.3 Å². The molecule has 0 unspecified atom stereocenters. The molecule has 0 bridgehead atoms. The zero-order valence-corrected chi connectivity index (χ0v) is 19.2. The molecule has 0 saturated carbocycles. The molecule has 0 N–H and O–H groups in total. The minimum Gasteiger partial charge on any atom is -0.497 e. The van der Waals surface area contributed by atoms with Gasteiger partial charge in [0.05, 0.1) is 23.9 Å². The van der Waals surface area contributed by atoms with Gasteiger partial charge in [0.1, 0.15) is 11.5 Å². The lowest BCUT2D eigenvalue weighted by molar-refractivity contribution is 0.0991. The number of hydrogen-bond donors (Lipinski definition) is 0. The van der Waals surface area contributed by atoms with E-state index in [-0.39, 0.29) is 17.7 Å². The van der Waals surface area contributed by atoms with Gasteiger partial charge in [-0.05, 0) is 54.1 Å². The van der Waals surface area contributed by atoms with Gasteiger partial charge in [-0.15, -0.1) is 0 Å². The highest BCUT2D eigenvalue weighted by molar-refractivity contribution is 5.97. The molecule has 0 aliphatic carbocycles. The van der Waals surface area contributed by atoms with E-state index in [0.717, 1.165) is 0 Å². The number of carbonyl (C=O) groups excluding carboxylic acids is 1. The molecule has 0 fully saturated rings. The SMILES string of the molecule is COc1ccc2c(Oc3ccc(CC(=O)c4ccnn(-c5ccccc5)c4=O)cc3F)ccnc2c1. The highest BCUT2D eigenvalue weighted by atomic mass is 19.1. The Hall–Kier alpha value is -4.85. The first-order valence-electron chi connectivity index (χ1n) is 11.1. The topological polar surface area (TPSA) is 83.3 Å². The van der Waals surface area contributed by atoms with Crippen LogP contribution in [0.25, 0.3) is 16.6 Å². The fourth-order valence-corrected chi connectivity index (χ4v) is 3.83. The van der Waals surface area contributed by atoms with Crippen LogP contribution in [0, 0.1) is 5.82 Å². The van der Waals surface area contributed by atoms with Crippen LogP contribution in [0.15, 0.2) is 96.1 Å². The number of ether oxygens (including phenoxy) is 2. The second-order valence-corrected chi connectivity index (χ2v) is 7.96. The van der Waals surface area contributed by atoms with E-state index in [2.05, 4.69) is 10.1 Å². The van der Waals surface area contributed by atoms with Crippen molar-refractivity contribution < 1.29 is 18.7 Å². The maximum Gasteiger partial charge on any atom is 0.282 e. The molecule has 0 saturated heterocycles. The Kier molecular flexibility index (Phi) is 6.23. The number of benzene rings is 3. The summed E-state index contributed by atoms with van der Waals surface area (Å²) in [5, 5.41) is 4.76. The number of para-hydroxylation sites is 1. The first kappa shape index (κ1) is 22.9. The van der Waals surface area contributed by atoms with Crippen molar-refractivity contribution >= 4 is 16.7 Å². The molecule has 0 amide bonds. The van der Waals surface area contributed by atoms with Crippen LogP contribution in [0.4, 0.5) is 4.39 Å². The van der Waals surface area contributed by atoms with E-state index >= 15 is 0 Å². The zero-order chi connectivity index (χ0) is 25.1. The summed E-state index contributed by atoms with van der Waals surface area (Å²) in [5.41, 5.74) is 1.06. The molecule has 5 aromatic rings. The molecule has 36 heavy (non-hydrogen) atoms. The fraction of sp³-hybridized carbons (Fsp3) is 0.0714. The van der Waals surface area contributed by atoms with Gasteiger partial charge in [0.2, 0.25) is 0 Å². The number of aromatic nitrogens is 3. The number of rotatable bonds is 7. The van der Waals surface area contributed by atoms with Crippen LogP contribution in [0.3, 0.4) is 0 Å². The van der Waals surface area contributed by atoms with Crippen molar-refractivity contribution in [3.05, 3.63) is 119 Å². The van der Waals surface area contributed by atoms with E-state index in [1.807, 2.05) is 6.07 Å². The van der Waals surface area contributed by atoms with Crippen molar-refractivity contribution in [2.75, 3.05) is 7.11 Å². The van der Waals surface area contributed by atoms with Crippen molar-refractivity contribution in [2.45, 2.75) is 6.42 Å². The first-order valence-corrected chi connectivity index (χ1v) is 11.1. The van der Waals surface area contributed by atoms with Gasteiger partial charge < -0.3 is 9.47 Å². The molecule has 2 heterocycles. The molecular weight excluding hydrogens is 461 g/mol. The van der Waals surface area contributed by atoms with Gasteiger partial charge in [-0.3, -0.25) is 14.6 Å². The number of carbonyl (C=O) groups is 1. The lowest BCUT2D eigenvalue weighted by atomic mass is 10.0. The number of pyridine rings is 1. The number of Topliss-reactive ketones (excluding diaryl/α,β-unsaturated/α-hetero) is 1. The van der Waals surface area contributed by atoms with Crippen LogP contribution in [0.1, 0.15) is 15.9 Å². The highest BCUT2D eigenvalue weighted by Gasteiger charge is 2.16. The number of nitrogens with zero attached hydrogens (tertiary/aromatic N) is 3. The summed E-state index contributed by atoms with van der Waals surface area (Å²) >= 11 is 0. The zero-order valence-electron chi connectivity index (χ0n) is 19.2. The summed E-state index contributed by atoms with van der Waals surface area (Å²) in [6.45, 7) is 0. The molecule has 0 spiro atoms. The second-order valence-electron chi connectivity index (χ2n) is 7.96. The minimum atomic E-state index is -0.629. The average molecular weight is 481 g/mol. The van der Waals surface area contributed by atoms with Crippen molar-refractivity contribution in [1.82, 2.24) is 14.8 Å². The van der Waals surface area contributed by atoms with E-state index in [4.69, 9.17) is 9.47 Å². The molecule has 7 nitrogen and oxygen atoms in total. The van der Waals surface area contributed by atoms with Crippen LogP contribution in [-0.2, 0) is 6.42 Å². The number of hydrogen-bond acceptors (Lipinski definition) is 6. The normalized spacial score (nSPS) is 10.8. The fourth-order valence-electron chi connectivity index (χ4n) is 3.83. The third-order valence-corrected chi connectivity index (χ3v) is 5.64. The summed E-state index contributed by atoms with van der Waals surface area (Å²) in [7, 11) is 1.57. The minimum absolute atomic E-state index is 0.00450. The number of halogens is 1. The van der Waals surface area contributed by atoms with Crippen molar-refractivity contribution in [3.8, 4) is 22.9 Å². The first-order chi connectivity index (χ1) is 17.5. The monoisotopic (exact) mass is 481 g/mol. The Labute approximate surface area is 205 Å². The van der Waals surface area contributed by atoms with Gasteiger partial charge in [-0.2, -0.15) is 9.78 Å². The lowest BCUT2D eigenvalue weighted by Crippen LogP contribution is -2.27. The molecule has 0 atom stereocenters. The van der Waals surface area contributed by atoms with Gasteiger partial charge >= 0.3 is 0 Å². The summed E-state index contributed by atoms with van der Waals surface area (Å²) in [4.78, 5) is 30.0. The third-order valence-electron chi connectivity index (χ3n) is 5.64. The molecule has 3 aromatic carbocycles. The van der Waals surface area contributed by atoms with Gasteiger partial charge in [-0.25, -0.2) is 4.39 Å². The van der Waals surface area contributed by atoms with Crippen molar-refractivity contribution in [2.24, 2.45) is 0 Å². The van der Waals surface area contributed by atoms with Gasteiger partial charge in [-0.1, -0.05) is 24.3 Å². The molecule has 0 aliphatic heterocycles. The van der Waals surface area contributed by atoms with E-state index in [1.54, 1.807) is 67.9 Å². The second kappa shape index (κ2) is 9.79. The maximum atomic E-state index is 14.9. The van der Waals surface area contributed by atoms with Crippen LogP contribution in [-0.4, -0.2) is 27.7 Å². The third kappa shape index (κ3) is 4.56. The highest BCUT2D eigenvalue weighted by Crippen LogP contribution is 2.32. The Morgan fingerprint density at radius 2 is 1.78 bits per heavy atom. The van der Waals surface area contributed by atoms with E-state index in [1.165, 1.54) is 29.1 Å². The van der Waals surface area contributed by atoms with E-state index in [9.17, 15) is 14.0 Å². The predicted molar refractivity (Wildman–Crippen MR) is 133 cm³/mol. The molecule has 8 heteroatoms. The van der Waals surface area contributed by atoms with Crippen molar-refractivity contribution in [3.63, 3.8) is 0 Å². The summed E-state index contributed by atoms with van der Waals surface area (Å²) in [6, 6.07) is 21.4.